The average Bonchev–Trinajstić information content (AvgIpc) is 3.50. The Morgan fingerprint density at radius 2 is 1.98 bits per heavy atom. The van der Waals surface area contributed by atoms with Crippen LogP contribution in [0.15, 0.2) is 66.1 Å². The van der Waals surface area contributed by atoms with E-state index < -0.39 is 65.4 Å². The number of halogens is 4. The van der Waals surface area contributed by atoms with Crippen molar-refractivity contribution in [2.75, 3.05) is 9.91 Å². The van der Waals surface area contributed by atoms with Crippen LogP contribution >= 0.6 is 0 Å². The lowest BCUT2D eigenvalue weighted by Crippen LogP contribution is -2.72. The van der Waals surface area contributed by atoms with Crippen molar-refractivity contribution in [3.63, 3.8) is 0 Å². The Bertz CT molecular complexity index is 1620. The quantitative estimate of drug-likeness (QED) is 0.324. The van der Waals surface area contributed by atoms with Crippen LogP contribution < -0.4 is 15.2 Å². The molecule has 1 unspecified atom stereocenters. The number of allylic oxidation sites excluding steroid dienone is 3. The van der Waals surface area contributed by atoms with E-state index in [1.54, 1.807) is 6.92 Å². The fourth-order valence-corrected chi connectivity index (χ4v) is 7.10. The third-order valence-corrected chi connectivity index (χ3v) is 9.39. The maximum Gasteiger partial charge on any atom is 0.252 e. The van der Waals surface area contributed by atoms with E-state index in [1.807, 2.05) is 6.07 Å². The van der Waals surface area contributed by atoms with Gasteiger partial charge in [-0.15, -0.1) is 0 Å². The number of rotatable bonds is 7. The van der Waals surface area contributed by atoms with E-state index in [0.29, 0.717) is 10.7 Å². The summed E-state index contributed by atoms with van der Waals surface area (Å²) in [5.74, 6) is -5.10. The third-order valence-electron chi connectivity index (χ3n) is 9.39. The topological polar surface area (TPSA) is 113 Å². The Labute approximate surface area is 251 Å². The number of carbonyl (C=O) groups is 2. The number of amides is 2. The maximum atomic E-state index is 14.8. The molecule has 0 spiro atoms. The second-order valence-electron chi connectivity index (χ2n) is 12.0. The minimum Gasteiger partial charge on any atom is -0.351 e. The summed E-state index contributed by atoms with van der Waals surface area (Å²) < 4.78 is 57.0. The zero-order valence-corrected chi connectivity index (χ0v) is 23.8. The van der Waals surface area contributed by atoms with Crippen molar-refractivity contribution >= 4 is 23.3 Å². The number of alkyl halides is 2. The number of carbonyl (C=O) groups excluding carboxylic acids is 2. The molecule has 13 heteroatoms. The predicted molar refractivity (Wildman–Crippen MR) is 150 cm³/mol. The smallest absolute Gasteiger partial charge is 0.252 e. The van der Waals surface area contributed by atoms with Gasteiger partial charge in [-0.3, -0.25) is 24.7 Å². The number of nitriles is 1. The Morgan fingerprint density at radius 1 is 1.20 bits per heavy atom. The molecule has 0 radical (unpaired) electrons. The minimum absolute atomic E-state index is 0.0100. The van der Waals surface area contributed by atoms with Crippen molar-refractivity contribution in [1.29, 1.82) is 5.26 Å². The lowest BCUT2D eigenvalue weighted by Gasteiger charge is -2.54. The number of hydroxylamine groups is 1. The summed E-state index contributed by atoms with van der Waals surface area (Å²) in [4.78, 5) is 33.2. The molecular formula is C31H30F4N6O3. The van der Waals surface area contributed by atoms with Crippen molar-refractivity contribution in [2.45, 2.75) is 75.5 Å². The van der Waals surface area contributed by atoms with Crippen LogP contribution in [0.3, 0.4) is 0 Å². The first kappa shape index (κ1) is 29.8. The number of hydrogen-bond acceptors (Lipinski definition) is 7. The standard InChI is InChI=1S/C31H30F4N6O3/c1-29-10-8-22(33)14-20(29)7-11-31(29,28(43)38-23-16-30(34,35)17-23)40(24-4-2-3-21(32)15-24)41(44)26-5-6-27(42)39(26)25-13-19(18-36)9-12-37-25/h2-4,8-9,12-15,23,26,44H,5-7,10-11,16-17H2,1H3,(H,38,43)/t26-,29?,31-/m1/s1. The molecule has 3 atom stereocenters. The number of nitrogens with zero attached hydrogens (tertiary/aromatic N) is 5. The average molecular weight is 611 g/mol. The molecule has 3 aliphatic carbocycles. The van der Waals surface area contributed by atoms with Crippen molar-refractivity contribution in [3.05, 3.63) is 77.5 Å². The lowest BCUT2D eigenvalue weighted by molar-refractivity contribution is -0.170. The fraction of sp³-hybridized carbons (Fsp3) is 0.419. The molecule has 3 fully saturated rings. The Kier molecular flexibility index (Phi) is 7.25. The lowest BCUT2D eigenvalue weighted by atomic mass is 9.66. The van der Waals surface area contributed by atoms with E-state index in [0.717, 1.165) is 6.07 Å². The minimum atomic E-state index is -2.92. The summed E-state index contributed by atoms with van der Waals surface area (Å²) in [6.45, 7) is 1.74. The largest absolute Gasteiger partial charge is 0.351 e. The summed E-state index contributed by atoms with van der Waals surface area (Å²) in [7, 11) is 0. The molecule has 6 rings (SSSR count). The first-order valence-corrected chi connectivity index (χ1v) is 14.4. The second-order valence-corrected chi connectivity index (χ2v) is 12.0. The van der Waals surface area contributed by atoms with Crippen molar-refractivity contribution in [3.8, 4) is 6.07 Å². The molecule has 9 nitrogen and oxygen atoms in total. The summed E-state index contributed by atoms with van der Waals surface area (Å²) in [6.07, 6.45) is 2.07. The predicted octanol–water partition coefficient (Wildman–Crippen LogP) is 5.29. The molecule has 2 aromatic rings. The SMILES string of the molecule is CC12CC=C(F)C=C1CC[C@]2(C(=O)NC1CC(F)(F)C1)N(c1cccc(F)c1)N(O)[C@@H]1CCC(=O)N1c1cc(C#N)ccn1. The van der Waals surface area contributed by atoms with Crippen LogP contribution in [-0.4, -0.2) is 50.8 Å². The number of fused-ring (bicyclic) bond motifs is 1. The van der Waals surface area contributed by atoms with E-state index in [1.165, 1.54) is 58.6 Å². The highest BCUT2D eigenvalue weighted by Gasteiger charge is 2.66. The normalized spacial score (nSPS) is 27.7. The molecule has 1 aliphatic heterocycles. The second kappa shape index (κ2) is 10.7. The van der Waals surface area contributed by atoms with E-state index in [-0.39, 0.29) is 49.2 Å². The van der Waals surface area contributed by atoms with Crippen LogP contribution in [0.25, 0.3) is 0 Å². The van der Waals surface area contributed by atoms with Gasteiger partial charge in [0, 0.05) is 36.9 Å². The summed E-state index contributed by atoms with van der Waals surface area (Å²) >= 11 is 0. The maximum absolute atomic E-state index is 14.8. The Hall–Kier alpha value is -4.28. The van der Waals surface area contributed by atoms with Crippen LogP contribution in [0.5, 0.6) is 0 Å². The van der Waals surface area contributed by atoms with Gasteiger partial charge in [-0.1, -0.05) is 23.7 Å². The fourth-order valence-electron chi connectivity index (χ4n) is 7.10. The van der Waals surface area contributed by atoms with Gasteiger partial charge in [0.05, 0.1) is 17.3 Å². The number of pyridine rings is 1. The number of nitrogens with one attached hydrogen (secondary N) is 1. The first-order chi connectivity index (χ1) is 20.9. The van der Waals surface area contributed by atoms with Crippen LogP contribution in [-0.2, 0) is 9.59 Å². The number of anilines is 2. The molecule has 0 bridgehead atoms. The molecule has 230 valence electrons. The molecule has 1 aromatic carbocycles. The van der Waals surface area contributed by atoms with Gasteiger partial charge in [-0.25, -0.2) is 22.5 Å². The van der Waals surface area contributed by atoms with Crippen molar-refractivity contribution in [1.82, 2.24) is 15.5 Å². The summed E-state index contributed by atoms with van der Waals surface area (Å²) in [6, 6.07) is 9.19. The Morgan fingerprint density at radius 3 is 2.68 bits per heavy atom. The molecule has 1 aromatic heterocycles. The van der Waals surface area contributed by atoms with Crippen molar-refractivity contribution < 1.29 is 32.4 Å². The monoisotopic (exact) mass is 610 g/mol. The summed E-state index contributed by atoms with van der Waals surface area (Å²) in [5, 5.41) is 26.3. The molecule has 2 amide bonds. The van der Waals surface area contributed by atoms with Crippen molar-refractivity contribution in [2.24, 2.45) is 5.41 Å². The number of hydrazine groups is 1. The van der Waals surface area contributed by atoms with Gasteiger partial charge in [-0.05, 0) is 68.2 Å². The highest BCUT2D eigenvalue weighted by Crippen LogP contribution is 2.59. The van der Waals surface area contributed by atoms with E-state index in [4.69, 9.17) is 0 Å². The molecule has 2 N–H and O–H groups in total. The number of aromatic nitrogens is 1. The van der Waals surface area contributed by atoms with Gasteiger partial charge in [0.1, 0.15) is 29.2 Å². The zero-order valence-electron chi connectivity index (χ0n) is 23.8. The molecule has 2 heterocycles. The van der Waals surface area contributed by atoms with Gasteiger partial charge < -0.3 is 5.32 Å². The van der Waals surface area contributed by atoms with Gasteiger partial charge >= 0.3 is 0 Å². The molecular weight excluding hydrogens is 580 g/mol. The Balaban J connectivity index is 1.50. The van der Waals surface area contributed by atoms with E-state index in [9.17, 15) is 37.6 Å². The highest BCUT2D eigenvalue weighted by molar-refractivity contribution is 5.96. The van der Waals surface area contributed by atoms with Crippen LogP contribution in [0.2, 0.25) is 0 Å². The van der Waals surface area contributed by atoms with Gasteiger partial charge in [-0.2, -0.15) is 5.26 Å². The highest BCUT2D eigenvalue weighted by atomic mass is 19.3. The first-order valence-electron chi connectivity index (χ1n) is 14.4. The van der Waals surface area contributed by atoms with Gasteiger partial charge in [0.2, 0.25) is 11.8 Å². The third kappa shape index (κ3) is 4.73. The number of hydrogen-bond donors (Lipinski definition) is 2. The summed E-state index contributed by atoms with van der Waals surface area (Å²) in [5.41, 5.74) is -2.11. The van der Waals surface area contributed by atoms with E-state index >= 15 is 0 Å². The van der Waals surface area contributed by atoms with Crippen LogP contribution in [0.1, 0.15) is 57.4 Å². The zero-order chi connectivity index (χ0) is 31.4. The van der Waals surface area contributed by atoms with E-state index in [2.05, 4.69) is 10.3 Å². The van der Waals surface area contributed by atoms with Gasteiger partial charge in [0.25, 0.3) is 5.92 Å². The van der Waals surface area contributed by atoms with Gasteiger partial charge in [0.15, 0.2) is 0 Å². The number of benzene rings is 1. The molecule has 1 saturated heterocycles. The molecule has 2 saturated carbocycles. The molecule has 4 aliphatic rings. The molecule has 44 heavy (non-hydrogen) atoms. The van der Waals surface area contributed by atoms with Crippen LogP contribution in [0.4, 0.5) is 29.1 Å². The van der Waals surface area contributed by atoms with Crippen LogP contribution in [0, 0.1) is 22.6 Å².